The van der Waals surface area contributed by atoms with E-state index in [1.165, 1.54) is 11.8 Å². The van der Waals surface area contributed by atoms with Crippen molar-refractivity contribution in [2.75, 3.05) is 12.9 Å². The van der Waals surface area contributed by atoms with E-state index in [9.17, 15) is 4.79 Å². The minimum absolute atomic E-state index is 0.0974. The number of ether oxygens (including phenoxy) is 1. The molecule has 2 nitrogen and oxygen atoms in total. The third-order valence-corrected chi connectivity index (χ3v) is 2.67. The first-order valence-electron chi connectivity index (χ1n) is 4.90. The molecule has 16 heavy (non-hydrogen) atoms. The van der Waals surface area contributed by atoms with Crippen molar-refractivity contribution >= 4 is 16.9 Å². The van der Waals surface area contributed by atoms with Crippen LogP contribution in [0, 0.1) is 18.8 Å². The summed E-state index contributed by atoms with van der Waals surface area (Å²) < 4.78 is 5.16. The second-order valence-electron chi connectivity index (χ2n) is 3.27. The fourth-order valence-corrected chi connectivity index (χ4v) is 1.58. The number of carbonyl (C=O) groups is 1. The normalized spacial score (nSPS) is 9.19. The van der Waals surface area contributed by atoms with Crippen LogP contribution in [0.5, 0.6) is 5.75 Å². The molecule has 0 fully saturated rings. The predicted octanol–water partition coefficient (Wildman–Crippen LogP) is 2.63. The van der Waals surface area contributed by atoms with Gasteiger partial charge in [-0.1, -0.05) is 23.6 Å². The Labute approximate surface area is 100 Å². The summed E-state index contributed by atoms with van der Waals surface area (Å²) >= 11 is 1.23. The van der Waals surface area contributed by atoms with Gasteiger partial charge in [-0.05, 0) is 30.7 Å². The number of rotatable bonds is 2. The molecular weight excluding hydrogens is 220 g/mol. The number of thioether (sulfide) groups is 1. The topological polar surface area (TPSA) is 26.3 Å². The van der Waals surface area contributed by atoms with Crippen LogP contribution in [0.15, 0.2) is 18.2 Å². The van der Waals surface area contributed by atoms with E-state index in [0.29, 0.717) is 5.75 Å². The molecule has 0 N–H and O–H groups in total. The number of hydrogen-bond donors (Lipinski definition) is 0. The molecule has 1 aromatic rings. The molecule has 3 heteroatoms. The molecule has 0 atom stereocenters. The zero-order valence-electron chi connectivity index (χ0n) is 9.66. The number of methoxy groups -OCH3 is 1. The smallest absolute Gasteiger partial charge is 0.186 e. The molecule has 1 rings (SSSR count). The number of aryl methyl sites for hydroxylation is 1. The first-order chi connectivity index (χ1) is 7.63. The van der Waals surface area contributed by atoms with Gasteiger partial charge in [0.05, 0.1) is 12.9 Å². The Kier molecular flexibility index (Phi) is 4.94. The molecule has 0 amide bonds. The highest BCUT2D eigenvalue weighted by molar-refractivity contribution is 8.13. The Morgan fingerprint density at radius 2 is 2.25 bits per heavy atom. The molecule has 0 unspecified atom stereocenters. The Bertz CT molecular complexity index is 441. The van der Waals surface area contributed by atoms with Gasteiger partial charge in [0, 0.05) is 12.5 Å². The average Bonchev–Trinajstić information content (AvgIpc) is 2.24. The van der Waals surface area contributed by atoms with Crippen LogP contribution in [0.3, 0.4) is 0 Å². The highest BCUT2D eigenvalue weighted by atomic mass is 32.2. The number of hydrogen-bond acceptors (Lipinski definition) is 3. The van der Waals surface area contributed by atoms with Gasteiger partial charge >= 0.3 is 0 Å². The zero-order chi connectivity index (χ0) is 12.0. The van der Waals surface area contributed by atoms with Crippen molar-refractivity contribution in [1.82, 2.24) is 0 Å². The predicted molar refractivity (Wildman–Crippen MR) is 67.7 cm³/mol. The Morgan fingerprint density at radius 3 is 2.81 bits per heavy atom. The molecule has 0 aliphatic carbocycles. The SMILES string of the molecule is COc1ccc(C#CCSC(C)=O)cc1C. The molecule has 0 radical (unpaired) electrons. The monoisotopic (exact) mass is 234 g/mol. The lowest BCUT2D eigenvalue weighted by Crippen LogP contribution is -1.87. The Morgan fingerprint density at radius 1 is 1.50 bits per heavy atom. The van der Waals surface area contributed by atoms with Gasteiger partial charge in [-0.2, -0.15) is 0 Å². The van der Waals surface area contributed by atoms with Crippen LogP contribution in [-0.2, 0) is 4.79 Å². The maximum absolute atomic E-state index is 10.7. The summed E-state index contributed by atoms with van der Waals surface area (Å²) in [4.78, 5) is 10.7. The molecule has 0 saturated carbocycles. The summed E-state index contributed by atoms with van der Waals surface area (Å²) in [5.74, 6) is 7.37. The number of carbonyl (C=O) groups excluding carboxylic acids is 1. The maximum atomic E-state index is 10.7. The fourth-order valence-electron chi connectivity index (χ4n) is 1.23. The highest BCUT2D eigenvalue weighted by Gasteiger charge is 1.97. The van der Waals surface area contributed by atoms with Crippen molar-refractivity contribution in [2.45, 2.75) is 13.8 Å². The lowest BCUT2D eigenvalue weighted by Gasteiger charge is -2.03. The van der Waals surface area contributed by atoms with Crippen molar-refractivity contribution in [3.8, 4) is 17.6 Å². The largest absolute Gasteiger partial charge is 0.496 e. The van der Waals surface area contributed by atoms with Crippen LogP contribution in [0.25, 0.3) is 0 Å². The standard InChI is InChI=1S/C13H14O2S/c1-10-9-12(6-7-13(10)15-3)5-4-8-16-11(2)14/h6-7,9H,8H2,1-3H3. The molecule has 84 valence electrons. The van der Waals surface area contributed by atoms with Gasteiger partial charge in [0.1, 0.15) is 5.75 Å². The molecule has 0 aromatic heterocycles. The summed E-state index contributed by atoms with van der Waals surface area (Å²) in [5.41, 5.74) is 2.01. The van der Waals surface area contributed by atoms with E-state index in [2.05, 4.69) is 11.8 Å². The van der Waals surface area contributed by atoms with Crippen LogP contribution >= 0.6 is 11.8 Å². The molecular formula is C13H14O2S. The van der Waals surface area contributed by atoms with Gasteiger partial charge in [0.2, 0.25) is 0 Å². The highest BCUT2D eigenvalue weighted by Crippen LogP contribution is 2.17. The van der Waals surface area contributed by atoms with Gasteiger partial charge in [-0.15, -0.1) is 0 Å². The van der Waals surface area contributed by atoms with Crippen molar-refractivity contribution in [2.24, 2.45) is 0 Å². The summed E-state index contributed by atoms with van der Waals surface area (Å²) in [5, 5.41) is 0.0974. The van der Waals surface area contributed by atoms with E-state index in [1.807, 2.05) is 25.1 Å². The lowest BCUT2D eigenvalue weighted by atomic mass is 10.1. The minimum Gasteiger partial charge on any atom is -0.496 e. The fraction of sp³-hybridized carbons (Fsp3) is 0.308. The van der Waals surface area contributed by atoms with Crippen molar-refractivity contribution in [1.29, 1.82) is 0 Å². The van der Waals surface area contributed by atoms with Gasteiger partial charge in [0.15, 0.2) is 5.12 Å². The van der Waals surface area contributed by atoms with Crippen LogP contribution in [0.4, 0.5) is 0 Å². The van der Waals surface area contributed by atoms with E-state index < -0.39 is 0 Å². The molecule has 0 spiro atoms. The molecule has 0 heterocycles. The molecule has 0 aliphatic heterocycles. The molecule has 0 bridgehead atoms. The van der Waals surface area contributed by atoms with E-state index in [1.54, 1.807) is 14.0 Å². The first-order valence-corrected chi connectivity index (χ1v) is 5.89. The zero-order valence-corrected chi connectivity index (χ0v) is 10.5. The van der Waals surface area contributed by atoms with Gasteiger partial charge in [-0.25, -0.2) is 0 Å². The molecule has 0 aliphatic rings. The first kappa shape index (κ1) is 12.7. The quantitative estimate of drug-likeness (QED) is 0.736. The second kappa shape index (κ2) is 6.24. The summed E-state index contributed by atoms with van der Waals surface area (Å²) in [6, 6.07) is 5.79. The van der Waals surface area contributed by atoms with E-state index in [-0.39, 0.29) is 5.12 Å². The Balaban J connectivity index is 2.67. The third kappa shape index (κ3) is 4.00. The summed E-state index contributed by atoms with van der Waals surface area (Å²) in [6.45, 7) is 3.53. The van der Waals surface area contributed by atoms with E-state index in [0.717, 1.165) is 16.9 Å². The van der Waals surface area contributed by atoms with Gasteiger partial charge < -0.3 is 4.74 Å². The average molecular weight is 234 g/mol. The van der Waals surface area contributed by atoms with Crippen molar-refractivity contribution in [3.05, 3.63) is 29.3 Å². The second-order valence-corrected chi connectivity index (χ2v) is 4.42. The van der Waals surface area contributed by atoms with Gasteiger partial charge in [-0.3, -0.25) is 4.79 Å². The van der Waals surface area contributed by atoms with Crippen LogP contribution in [0.2, 0.25) is 0 Å². The van der Waals surface area contributed by atoms with Crippen molar-refractivity contribution in [3.63, 3.8) is 0 Å². The van der Waals surface area contributed by atoms with E-state index in [4.69, 9.17) is 4.74 Å². The van der Waals surface area contributed by atoms with Gasteiger partial charge in [0.25, 0.3) is 0 Å². The van der Waals surface area contributed by atoms with Crippen LogP contribution in [0.1, 0.15) is 18.1 Å². The molecule has 1 aromatic carbocycles. The number of benzene rings is 1. The minimum atomic E-state index is 0.0974. The molecule has 0 saturated heterocycles. The summed E-state index contributed by atoms with van der Waals surface area (Å²) in [6.07, 6.45) is 0. The lowest BCUT2D eigenvalue weighted by molar-refractivity contribution is -0.109. The van der Waals surface area contributed by atoms with Crippen LogP contribution < -0.4 is 4.74 Å². The maximum Gasteiger partial charge on any atom is 0.186 e. The summed E-state index contributed by atoms with van der Waals surface area (Å²) in [7, 11) is 1.65. The van der Waals surface area contributed by atoms with E-state index >= 15 is 0 Å². The third-order valence-electron chi connectivity index (χ3n) is 1.98. The van der Waals surface area contributed by atoms with Crippen LogP contribution in [-0.4, -0.2) is 18.0 Å². The Hall–Kier alpha value is -1.40. The van der Waals surface area contributed by atoms with Crippen molar-refractivity contribution < 1.29 is 9.53 Å².